The van der Waals surface area contributed by atoms with E-state index in [9.17, 15) is 4.79 Å². The highest BCUT2D eigenvalue weighted by Crippen LogP contribution is 2.30. The molecule has 1 aliphatic heterocycles. The molecule has 2 heterocycles. The predicted octanol–water partition coefficient (Wildman–Crippen LogP) is 4.65. The van der Waals surface area contributed by atoms with Gasteiger partial charge in [-0.2, -0.15) is 0 Å². The van der Waals surface area contributed by atoms with Crippen LogP contribution in [0.1, 0.15) is 31.6 Å². The molecule has 1 aromatic heterocycles. The molecule has 1 amide bonds. The van der Waals surface area contributed by atoms with Gasteiger partial charge in [0.1, 0.15) is 11.3 Å². The van der Waals surface area contributed by atoms with Crippen LogP contribution >= 0.6 is 11.6 Å². The van der Waals surface area contributed by atoms with Crippen LogP contribution in [0.5, 0.6) is 5.75 Å². The van der Waals surface area contributed by atoms with Gasteiger partial charge in [-0.15, -0.1) is 0 Å². The van der Waals surface area contributed by atoms with Crippen molar-refractivity contribution in [2.24, 2.45) is 0 Å². The number of nitrogens with zero attached hydrogens (tertiary/aromatic N) is 2. The van der Waals surface area contributed by atoms with Crippen molar-refractivity contribution in [2.45, 2.75) is 31.8 Å². The molecule has 0 N–H and O–H groups in total. The number of hydrogen-bond donors (Lipinski definition) is 0. The molecule has 140 valence electrons. The summed E-state index contributed by atoms with van der Waals surface area (Å²) in [4.78, 5) is 19.2. The summed E-state index contributed by atoms with van der Waals surface area (Å²) in [5.41, 5.74) is 1.69. The Hall–Kier alpha value is -2.53. The number of ether oxygens (including phenoxy) is 1. The lowest BCUT2D eigenvalue weighted by Crippen LogP contribution is -2.44. The Morgan fingerprint density at radius 3 is 2.63 bits per heavy atom. The normalized spacial score (nSPS) is 16.4. The third-order valence-corrected chi connectivity index (χ3v) is 5.27. The van der Waals surface area contributed by atoms with Crippen LogP contribution in [0, 0.1) is 0 Å². The number of amides is 1. The molecule has 0 spiro atoms. The molecule has 1 aliphatic rings. The SMILES string of the molecule is C[C@@H](Oc1ccccc1Cl)C(=O)N1CCC(c2nc3ccccc3o2)CC1. The highest BCUT2D eigenvalue weighted by Gasteiger charge is 2.30. The van der Waals surface area contributed by atoms with Crippen LogP contribution in [-0.2, 0) is 4.79 Å². The molecule has 0 saturated carbocycles. The summed E-state index contributed by atoms with van der Waals surface area (Å²) in [6.45, 7) is 3.09. The first kappa shape index (κ1) is 17.9. The Labute approximate surface area is 162 Å². The van der Waals surface area contributed by atoms with E-state index in [4.69, 9.17) is 20.8 Å². The zero-order valence-corrected chi connectivity index (χ0v) is 15.9. The zero-order valence-electron chi connectivity index (χ0n) is 15.1. The quantitative estimate of drug-likeness (QED) is 0.656. The summed E-state index contributed by atoms with van der Waals surface area (Å²) >= 11 is 6.11. The first-order valence-electron chi connectivity index (χ1n) is 9.17. The van der Waals surface area contributed by atoms with Crippen LogP contribution in [0.15, 0.2) is 52.9 Å². The Kier molecular flexibility index (Phi) is 5.03. The molecule has 5 nitrogen and oxygen atoms in total. The van der Waals surface area contributed by atoms with Gasteiger partial charge >= 0.3 is 0 Å². The van der Waals surface area contributed by atoms with E-state index in [0.29, 0.717) is 23.9 Å². The monoisotopic (exact) mass is 384 g/mol. The molecule has 4 rings (SSSR count). The second kappa shape index (κ2) is 7.61. The van der Waals surface area contributed by atoms with Gasteiger partial charge in [-0.1, -0.05) is 35.9 Å². The molecule has 0 bridgehead atoms. The van der Waals surface area contributed by atoms with E-state index in [0.717, 1.165) is 29.8 Å². The maximum absolute atomic E-state index is 12.7. The van der Waals surface area contributed by atoms with Crippen LogP contribution in [0.3, 0.4) is 0 Å². The molecular weight excluding hydrogens is 364 g/mol. The van der Waals surface area contributed by atoms with E-state index >= 15 is 0 Å². The summed E-state index contributed by atoms with van der Waals surface area (Å²) < 4.78 is 11.6. The topological polar surface area (TPSA) is 55.6 Å². The van der Waals surface area contributed by atoms with E-state index < -0.39 is 6.10 Å². The number of carbonyl (C=O) groups is 1. The van der Waals surface area contributed by atoms with Crippen molar-refractivity contribution in [1.82, 2.24) is 9.88 Å². The number of halogens is 1. The Morgan fingerprint density at radius 2 is 1.89 bits per heavy atom. The summed E-state index contributed by atoms with van der Waals surface area (Å²) in [6.07, 6.45) is 1.08. The van der Waals surface area contributed by atoms with E-state index in [1.165, 1.54) is 0 Å². The molecule has 2 aromatic carbocycles. The highest BCUT2D eigenvalue weighted by molar-refractivity contribution is 6.32. The number of piperidine rings is 1. The van der Waals surface area contributed by atoms with E-state index in [1.54, 1.807) is 19.1 Å². The van der Waals surface area contributed by atoms with E-state index in [-0.39, 0.29) is 11.8 Å². The number of oxazole rings is 1. The number of para-hydroxylation sites is 3. The van der Waals surface area contributed by atoms with Crippen LogP contribution < -0.4 is 4.74 Å². The minimum Gasteiger partial charge on any atom is -0.479 e. The van der Waals surface area contributed by atoms with Crippen molar-refractivity contribution in [3.63, 3.8) is 0 Å². The maximum atomic E-state index is 12.7. The maximum Gasteiger partial charge on any atom is 0.263 e. The van der Waals surface area contributed by atoms with Crippen LogP contribution in [0.4, 0.5) is 0 Å². The van der Waals surface area contributed by atoms with Crippen molar-refractivity contribution in [3.8, 4) is 5.75 Å². The Balaban J connectivity index is 1.36. The van der Waals surface area contributed by atoms with Gasteiger partial charge in [0.25, 0.3) is 5.91 Å². The van der Waals surface area contributed by atoms with E-state index in [1.807, 2.05) is 41.3 Å². The Bertz CT molecular complexity index is 914. The fourth-order valence-corrected chi connectivity index (χ4v) is 3.63. The first-order chi connectivity index (χ1) is 13.1. The van der Waals surface area contributed by atoms with Crippen molar-refractivity contribution < 1.29 is 13.9 Å². The van der Waals surface area contributed by atoms with Crippen molar-refractivity contribution in [2.75, 3.05) is 13.1 Å². The highest BCUT2D eigenvalue weighted by atomic mass is 35.5. The number of likely N-dealkylation sites (tertiary alicyclic amines) is 1. The average molecular weight is 385 g/mol. The van der Waals surface area contributed by atoms with E-state index in [2.05, 4.69) is 4.98 Å². The first-order valence-corrected chi connectivity index (χ1v) is 9.55. The van der Waals surface area contributed by atoms with Crippen molar-refractivity contribution in [3.05, 3.63) is 59.4 Å². The molecule has 0 radical (unpaired) electrons. The lowest BCUT2D eigenvalue weighted by molar-refractivity contribution is -0.139. The molecule has 3 aromatic rings. The molecule has 0 unspecified atom stereocenters. The van der Waals surface area contributed by atoms with Crippen molar-refractivity contribution in [1.29, 1.82) is 0 Å². The predicted molar refractivity (Wildman–Crippen MR) is 104 cm³/mol. The third kappa shape index (κ3) is 3.78. The molecule has 0 aliphatic carbocycles. The van der Waals surface area contributed by atoms with Gasteiger partial charge in [-0.05, 0) is 44.0 Å². The summed E-state index contributed by atoms with van der Waals surface area (Å²) in [5, 5.41) is 0.506. The molecular formula is C21H21ClN2O3. The van der Waals surface area contributed by atoms with Crippen molar-refractivity contribution >= 4 is 28.6 Å². The second-order valence-electron chi connectivity index (χ2n) is 6.81. The molecule has 27 heavy (non-hydrogen) atoms. The lowest BCUT2D eigenvalue weighted by Gasteiger charge is -2.32. The minimum absolute atomic E-state index is 0.0223. The number of carbonyl (C=O) groups excluding carboxylic acids is 1. The molecule has 6 heteroatoms. The smallest absolute Gasteiger partial charge is 0.263 e. The fourth-order valence-electron chi connectivity index (χ4n) is 3.45. The number of fused-ring (bicyclic) bond motifs is 1. The standard InChI is InChI=1S/C21H21ClN2O3/c1-14(26-18-8-4-2-6-16(18)22)21(25)24-12-10-15(11-13-24)20-23-17-7-3-5-9-19(17)27-20/h2-9,14-15H,10-13H2,1H3/t14-/m1/s1. The zero-order chi connectivity index (χ0) is 18.8. The number of rotatable bonds is 4. The second-order valence-corrected chi connectivity index (χ2v) is 7.22. The average Bonchev–Trinajstić information content (AvgIpc) is 3.13. The van der Waals surface area contributed by atoms with Gasteiger partial charge < -0.3 is 14.1 Å². The van der Waals surface area contributed by atoms with Gasteiger partial charge in [0.2, 0.25) is 0 Å². The van der Waals surface area contributed by atoms with Gasteiger partial charge in [-0.25, -0.2) is 4.98 Å². The number of hydrogen-bond acceptors (Lipinski definition) is 4. The van der Waals surface area contributed by atoms with Gasteiger partial charge in [0, 0.05) is 19.0 Å². The number of benzene rings is 2. The van der Waals surface area contributed by atoms with Gasteiger partial charge in [-0.3, -0.25) is 4.79 Å². The molecule has 1 atom stereocenters. The minimum atomic E-state index is -0.578. The third-order valence-electron chi connectivity index (χ3n) is 4.95. The van der Waals surface area contributed by atoms with Gasteiger partial charge in [0.15, 0.2) is 17.6 Å². The lowest BCUT2D eigenvalue weighted by atomic mass is 9.96. The van der Waals surface area contributed by atoms with Crippen LogP contribution in [0.25, 0.3) is 11.1 Å². The largest absolute Gasteiger partial charge is 0.479 e. The van der Waals surface area contributed by atoms with Crippen LogP contribution in [-0.4, -0.2) is 35.0 Å². The summed E-state index contributed by atoms with van der Waals surface area (Å²) in [5.74, 6) is 1.51. The molecule has 1 saturated heterocycles. The molecule has 1 fully saturated rings. The number of aromatic nitrogens is 1. The summed E-state index contributed by atoms with van der Waals surface area (Å²) in [6, 6.07) is 15.0. The summed E-state index contributed by atoms with van der Waals surface area (Å²) in [7, 11) is 0. The van der Waals surface area contributed by atoms with Crippen LogP contribution in [0.2, 0.25) is 5.02 Å². The fraction of sp³-hybridized carbons (Fsp3) is 0.333. The van der Waals surface area contributed by atoms with Gasteiger partial charge in [0.05, 0.1) is 5.02 Å². The Morgan fingerprint density at radius 1 is 1.19 bits per heavy atom.